The number of hydrogen-bond acceptors (Lipinski definition) is 6. The highest BCUT2D eigenvalue weighted by atomic mass is 35.5. The van der Waals surface area contributed by atoms with Crippen LogP contribution in [0, 0.1) is 11.3 Å². The molecule has 1 aromatic heterocycles. The summed E-state index contributed by atoms with van der Waals surface area (Å²) in [5.74, 6) is 0.225. The lowest BCUT2D eigenvalue weighted by molar-refractivity contribution is 0.327. The number of nitriles is 1. The zero-order valence-electron chi connectivity index (χ0n) is 10.9. The third kappa shape index (κ3) is 3.67. The van der Waals surface area contributed by atoms with Gasteiger partial charge in [0.05, 0.1) is 22.6 Å². The maximum absolute atomic E-state index is 12.1. The molecule has 0 aliphatic heterocycles. The van der Waals surface area contributed by atoms with Crippen molar-refractivity contribution in [2.45, 2.75) is 11.1 Å². The lowest BCUT2D eigenvalue weighted by Gasteiger charge is -2.11. The second-order valence-corrected chi connectivity index (χ2v) is 7.29. The van der Waals surface area contributed by atoms with Crippen LogP contribution in [0.1, 0.15) is 12.5 Å². The lowest BCUT2D eigenvalue weighted by atomic mass is 10.2. The first-order chi connectivity index (χ1) is 9.96. The van der Waals surface area contributed by atoms with E-state index in [1.54, 1.807) is 6.92 Å². The van der Waals surface area contributed by atoms with E-state index in [4.69, 9.17) is 25.8 Å². The van der Waals surface area contributed by atoms with Crippen molar-refractivity contribution in [3.8, 4) is 17.6 Å². The van der Waals surface area contributed by atoms with Gasteiger partial charge in [0.2, 0.25) is 0 Å². The zero-order valence-corrected chi connectivity index (χ0v) is 13.3. The van der Waals surface area contributed by atoms with Crippen molar-refractivity contribution in [2.75, 3.05) is 6.61 Å². The van der Waals surface area contributed by atoms with Gasteiger partial charge < -0.3 is 8.92 Å². The SMILES string of the molecule is CCOc1cc(C#N)ccc1OS(=O)(=O)c1ccc(Cl)s1. The molecule has 0 saturated heterocycles. The van der Waals surface area contributed by atoms with Crippen LogP contribution in [-0.4, -0.2) is 15.0 Å². The first kappa shape index (κ1) is 15.6. The Morgan fingerprint density at radius 2 is 2.05 bits per heavy atom. The molecule has 0 saturated carbocycles. The molecule has 1 heterocycles. The Morgan fingerprint density at radius 3 is 2.62 bits per heavy atom. The van der Waals surface area contributed by atoms with Crippen molar-refractivity contribution >= 4 is 33.1 Å². The van der Waals surface area contributed by atoms with Crippen molar-refractivity contribution < 1.29 is 17.3 Å². The molecule has 0 fully saturated rings. The minimum atomic E-state index is -3.98. The third-order valence-corrected chi connectivity index (χ3v) is 5.28. The molecule has 0 spiro atoms. The van der Waals surface area contributed by atoms with E-state index in [1.807, 2.05) is 6.07 Å². The summed E-state index contributed by atoms with van der Waals surface area (Å²) in [5, 5.41) is 8.86. The average Bonchev–Trinajstić information content (AvgIpc) is 2.88. The third-order valence-electron chi connectivity index (χ3n) is 2.37. The fourth-order valence-corrected chi connectivity index (χ4v) is 3.89. The number of rotatable bonds is 5. The van der Waals surface area contributed by atoms with Crippen molar-refractivity contribution in [3.63, 3.8) is 0 Å². The molecule has 0 aliphatic rings. The Balaban J connectivity index is 2.37. The van der Waals surface area contributed by atoms with Gasteiger partial charge >= 0.3 is 10.1 Å². The highest BCUT2D eigenvalue weighted by Crippen LogP contribution is 2.33. The van der Waals surface area contributed by atoms with Crippen LogP contribution in [0.25, 0.3) is 0 Å². The van der Waals surface area contributed by atoms with E-state index in [0.29, 0.717) is 16.5 Å². The number of halogens is 1. The highest BCUT2D eigenvalue weighted by Gasteiger charge is 2.21. The summed E-state index contributed by atoms with van der Waals surface area (Å²) >= 11 is 6.63. The van der Waals surface area contributed by atoms with Crippen LogP contribution in [0.5, 0.6) is 11.5 Å². The van der Waals surface area contributed by atoms with Crippen LogP contribution in [0.3, 0.4) is 0 Å². The van der Waals surface area contributed by atoms with Gasteiger partial charge in [-0.3, -0.25) is 0 Å². The smallest absolute Gasteiger partial charge is 0.348 e. The van der Waals surface area contributed by atoms with E-state index < -0.39 is 10.1 Å². The maximum atomic E-state index is 12.1. The molecule has 110 valence electrons. The molecular formula is C13H10ClNO4S2. The van der Waals surface area contributed by atoms with Crippen molar-refractivity contribution in [1.29, 1.82) is 5.26 Å². The lowest BCUT2D eigenvalue weighted by Crippen LogP contribution is -2.09. The monoisotopic (exact) mass is 343 g/mol. The summed E-state index contributed by atoms with van der Waals surface area (Å²) in [6.07, 6.45) is 0. The second kappa shape index (κ2) is 6.35. The Labute approximate surface area is 131 Å². The quantitative estimate of drug-likeness (QED) is 0.777. The summed E-state index contributed by atoms with van der Waals surface area (Å²) < 4.78 is 35.0. The molecule has 8 heteroatoms. The van der Waals surface area contributed by atoms with Gasteiger partial charge in [0.1, 0.15) is 0 Å². The summed E-state index contributed by atoms with van der Waals surface area (Å²) in [6.45, 7) is 2.06. The number of thiophene rings is 1. The normalized spacial score (nSPS) is 10.9. The number of ether oxygens (including phenoxy) is 1. The van der Waals surface area contributed by atoms with Gasteiger partial charge in [-0.15, -0.1) is 11.3 Å². The Morgan fingerprint density at radius 1 is 1.29 bits per heavy atom. The minimum absolute atomic E-state index is 0.000641. The van der Waals surface area contributed by atoms with Crippen LogP contribution in [-0.2, 0) is 10.1 Å². The molecule has 1 aromatic carbocycles. The van der Waals surface area contributed by atoms with Crippen molar-refractivity contribution in [3.05, 3.63) is 40.2 Å². The second-order valence-electron chi connectivity index (χ2n) is 3.80. The predicted molar refractivity (Wildman–Crippen MR) is 79.5 cm³/mol. The highest BCUT2D eigenvalue weighted by molar-refractivity contribution is 7.89. The Hall–Kier alpha value is -1.75. The van der Waals surface area contributed by atoms with Crippen LogP contribution in [0.2, 0.25) is 4.34 Å². The van der Waals surface area contributed by atoms with E-state index in [1.165, 1.54) is 30.3 Å². The van der Waals surface area contributed by atoms with E-state index in [9.17, 15) is 8.42 Å². The molecule has 0 amide bonds. The molecule has 2 aromatic rings. The van der Waals surface area contributed by atoms with E-state index in [2.05, 4.69) is 0 Å². The fourth-order valence-electron chi connectivity index (χ4n) is 1.51. The summed E-state index contributed by atoms with van der Waals surface area (Å²) in [5.41, 5.74) is 0.349. The molecule has 2 rings (SSSR count). The molecule has 21 heavy (non-hydrogen) atoms. The predicted octanol–water partition coefficient (Wildman–Crippen LogP) is 3.44. The van der Waals surface area contributed by atoms with Gasteiger partial charge in [-0.2, -0.15) is 13.7 Å². The van der Waals surface area contributed by atoms with Crippen LogP contribution < -0.4 is 8.92 Å². The first-order valence-corrected chi connectivity index (χ1v) is 8.43. The molecule has 0 atom stereocenters. The topological polar surface area (TPSA) is 76.4 Å². The van der Waals surface area contributed by atoms with Crippen LogP contribution >= 0.6 is 22.9 Å². The summed E-state index contributed by atoms with van der Waals surface area (Å²) in [7, 11) is -3.98. The molecular weight excluding hydrogens is 334 g/mol. The van der Waals surface area contributed by atoms with Crippen molar-refractivity contribution in [2.24, 2.45) is 0 Å². The molecule has 5 nitrogen and oxygen atoms in total. The molecule has 0 N–H and O–H groups in total. The van der Waals surface area contributed by atoms with Gasteiger partial charge in [0.25, 0.3) is 0 Å². The summed E-state index contributed by atoms with van der Waals surface area (Å²) in [6, 6.07) is 9.06. The Kier molecular flexibility index (Phi) is 4.73. The molecule has 0 bridgehead atoms. The first-order valence-electron chi connectivity index (χ1n) is 5.83. The van der Waals surface area contributed by atoms with Gasteiger partial charge in [-0.05, 0) is 31.2 Å². The average molecular weight is 344 g/mol. The Bertz CT molecular complexity index is 793. The number of hydrogen-bond donors (Lipinski definition) is 0. The van der Waals surface area contributed by atoms with Gasteiger partial charge in [0.15, 0.2) is 15.7 Å². The number of nitrogens with zero attached hydrogens (tertiary/aromatic N) is 1. The van der Waals surface area contributed by atoms with Crippen LogP contribution in [0.4, 0.5) is 0 Å². The molecule has 0 unspecified atom stereocenters. The summed E-state index contributed by atoms with van der Waals surface area (Å²) in [4.78, 5) is 0. The molecule has 0 aliphatic carbocycles. The number of benzene rings is 1. The van der Waals surface area contributed by atoms with E-state index in [0.717, 1.165) is 11.3 Å². The van der Waals surface area contributed by atoms with E-state index >= 15 is 0 Å². The van der Waals surface area contributed by atoms with Crippen molar-refractivity contribution in [1.82, 2.24) is 0 Å². The zero-order chi connectivity index (χ0) is 15.5. The largest absolute Gasteiger partial charge is 0.490 e. The van der Waals surface area contributed by atoms with Crippen LogP contribution in [0.15, 0.2) is 34.5 Å². The van der Waals surface area contributed by atoms with Gasteiger partial charge in [0, 0.05) is 6.07 Å². The van der Waals surface area contributed by atoms with Gasteiger partial charge in [-0.1, -0.05) is 11.6 Å². The standard InChI is InChI=1S/C13H10ClNO4S2/c1-2-18-11-7-9(8-15)3-4-10(11)19-21(16,17)13-6-5-12(14)20-13/h3-7H,2H2,1H3. The fraction of sp³-hybridized carbons (Fsp3) is 0.154. The minimum Gasteiger partial charge on any atom is -0.490 e. The van der Waals surface area contributed by atoms with E-state index in [-0.39, 0.29) is 15.7 Å². The van der Waals surface area contributed by atoms with Gasteiger partial charge in [-0.25, -0.2) is 0 Å². The maximum Gasteiger partial charge on any atom is 0.348 e. The molecule has 0 radical (unpaired) electrons.